The van der Waals surface area contributed by atoms with Gasteiger partial charge in [-0.1, -0.05) is 0 Å². The van der Waals surface area contributed by atoms with Gasteiger partial charge in [0.05, 0.1) is 6.61 Å². The van der Waals surface area contributed by atoms with Crippen molar-refractivity contribution < 1.29 is 5.11 Å². The molecule has 0 aliphatic rings. The summed E-state index contributed by atoms with van der Waals surface area (Å²) in [5.41, 5.74) is 0. The molecule has 0 spiro atoms. The lowest BCUT2D eigenvalue weighted by Gasteiger charge is -2.05. The lowest BCUT2D eigenvalue weighted by molar-refractivity contribution is 0.259. The molecule has 0 bridgehead atoms. The van der Waals surface area contributed by atoms with E-state index in [4.69, 9.17) is 16.7 Å². The summed E-state index contributed by atoms with van der Waals surface area (Å²) in [5, 5.41) is 11.2. The smallest absolute Gasteiger partial charge is 0.0596 e. The molecule has 1 atom stereocenters. The maximum Gasteiger partial charge on any atom is 0.0596 e. The summed E-state index contributed by atoms with van der Waals surface area (Å²) >= 11 is 5.35. The van der Waals surface area contributed by atoms with Crippen LogP contribution >= 0.6 is 11.6 Å². The number of hydrogen-bond donors (Lipinski definition) is 2. The number of halogens is 1. The minimum absolute atomic E-state index is 0.0571. The molecule has 0 aromatic carbocycles. The van der Waals surface area contributed by atoms with E-state index < -0.39 is 0 Å². The molecule has 7 heavy (non-hydrogen) atoms. The molecule has 2 N–H and O–H groups in total. The second-order valence-corrected chi connectivity index (χ2v) is 1.63. The largest absolute Gasteiger partial charge is 0.395 e. The van der Waals surface area contributed by atoms with Crippen molar-refractivity contribution in [3.05, 3.63) is 0 Å². The summed E-state index contributed by atoms with van der Waals surface area (Å²) in [5.74, 6) is 0.465. The summed E-state index contributed by atoms with van der Waals surface area (Å²) in [6.07, 6.45) is 0. The van der Waals surface area contributed by atoms with Crippen molar-refractivity contribution >= 4 is 11.6 Å². The molecule has 0 aromatic rings. The second kappa shape index (κ2) is 4.37. The molecule has 0 aliphatic carbocycles. The number of rotatable bonds is 3. The van der Waals surface area contributed by atoms with Crippen molar-refractivity contribution in [3.63, 3.8) is 0 Å². The Labute approximate surface area is 48.5 Å². The van der Waals surface area contributed by atoms with Crippen LogP contribution in [0.4, 0.5) is 0 Å². The normalized spacial score (nSPS) is 14.1. The van der Waals surface area contributed by atoms with Gasteiger partial charge < -0.3 is 10.4 Å². The highest BCUT2D eigenvalue weighted by atomic mass is 35.5. The molecule has 0 amide bonds. The van der Waals surface area contributed by atoms with Gasteiger partial charge in [-0.05, 0) is 7.05 Å². The number of aliphatic hydroxyl groups is 1. The third kappa shape index (κ3) is 2.85. The topological polar surface area (TPSA) is 32.3 Å². The zero-order chi connectivity index (χ0) is 5.70. The van der Waals surface area contributed by atoms with Crippen molar-refractivity contribution in [2.24, 2.45) is 0 Å². The highest BCUT2D eigenvalue weighted by molar-refractivity contribution is 6.18. The minimum Gasteiger partial charge on any atom is -0.395 e. The Hall–Kier alpha value is 0.210. The Morgan fingerprint density at radius 2 is 2.43 bits per heavy atom. The van der Waals surface area contributed by atoms with Crippen LogP contribution in [0.25, 0.3) is 0 Å². The summed E-state index contributed by atoms with van der Waals surface area (Å²) in [4.78, 5) is 0. The molecule has 44 valence electrons. The predicted molar refractivity (Wildman–Crippen MR) is 30.7 cm³/mol. The van der Waals surface area contributed by atoms with Crippen LogP contribution in [-0.4, -0.2) is 30.7 Å². The van der Waals surface area contributed by atoms with Crippen molar-refractivity contribution in [1.82, 2.24) is 5.32 Å². The maximum atomic E-state index is 8.38. The van der Waals surface area contributed by atoms with Crippen molar-refractivity contribution in [3.8, 4) is 0 Å². The Morgan fingerprint density at radius 3 is 2.43 bits per heavy atom. The summed E-state index contributed by atoms with van der Waals surface area (Å²) in [6.45, 7) is 0.111. The van der Waals surface area contributed by atoms with Gasteiger partial charge in [0.15, 0.2) is 0 Å². The monoisotopic (exact) mass is 123 g/mol. The van der Waals surface area contributed by atoms with Gasteiger partial charge in [0.2, 0.25) is 0 Å². The van der Waals surface area contributed by atoms with E-state index in [2.05, 4.69) is 5.32 Å². The molecule has 0 fully saturated rings. The van der Waals surface area contributed by atoms with E-state index in [1.807, 2.05) is 0 Å². The standard InChI is InChI=1S/C4H10ClNO/c1-6-4(2-5)3-7/h4,6-7H,2-3H2,1H3. The van der Waals surface area contributed by atoms with Gasteiger partial charge in [0, 0.05) is 11.9 Å². The van der Waals surface area contributed by atoms with Crippen LogP contribution < -0.4 is 5.32 Å². The average molecular weight is 124 g/mol. The van der Waals surface area contributed by atoms with Crippen molar-refractivity contribution in [2.45, 2.75) is 6.04 Å². The van der Waals surface area contributed by atoms with Crippen LogP contribution in [0.5, 0.6) is 0 Å². The SMILES string of the molecule is CNC(CO)CCl. The Kier molecular flexibility index (Phi) is 4.50. The maximum absolute atomic E-state index is 8.38. The average Bonchev–Trinajstić information content (AvgIpc) is 1.72. The molecule has 0 saturated heterocycles. The van der Waals surface area contributed by atoms with Crippen LogP contribution in [0.1, 0.15) is 0 Å². The third-order valence-electron chi connectivity index (χ3n) is 0.815. The first-order valence-corrected chi connectivity index (χ1v) is 2.72. The number of likely N-dealkylation sites (N-methyl/N-ethyl adjacent to an activating group) is 1. The van der Waals surface area contributed by atoms with Gasteiger partial charge in [0.1, 0.15) is 0 Å². The Morgan fingerprint density at radius 1 is 1.86 bits per heavy atom. The predicted octanol–water partition coefficient (Wildman–Crippen LogP) is -0.195. The molecule has 0 heterocycles. The molecule has 0 aromatic heterocycles. The summed E-state index contributed by atoms with van der Waals surface area (Å²) in [7, 11) is 1.77. The molecular weight excluding hydrogens is 114 g/mol. The zero-order valence-corrected chi connectivity index (χ0v) is 5.07. The number of aliphatic hydroxyl groups excluding tert-OH is 1. The van der Waals surface area contributed by atoms with E-state index in [1.54, 1.807) is 7.05 Å². The Balaban J connectivity index is 2.99. The summed E-state index contributed by atoms with van der Waals surface area (Å²) in [6, 6.07) is 0.0571. The van der Waals surface area contributed by atoms with Crippen molar-refractivity contribution in [2.75, 3.05) is 19.5 Å². The quantitative estimate of drug-likeness (QED) is 0.510. The first-order chi connectivity index (χ1) is 3.35. The van der Waals surface area contributed by atoms with Gasteiger partial charge in [-0.2, -0.15) is 0 Å². The molecule has 0 radical (unpaired) electrons. The first kappa shape index (κ1) is 7.21. The van der Waals surface area contributed by atoms with E-state index in [0.717, 1.165) is 0 Å². The van der Waals surface area contributed by atoms with E-state index in [1.165, 1.54) is 0 Å². The van der Waals surface area contributed by atoms with Gasteiger partial charge in [0.25, 0.3) is 0 Å². The van der Waals surface area contributed by atoms with Crippen LogP contribution in [-0.2, 0) is 0 Å². The third-order valence-corrected chi connectivity index (χ3v) is 1.19. The molecule has 3 heteroatoms. The lowest BCUT2D eigenvalue weighted by atomic mass is 10.4. The van der Waals surface area contributed by atoms with Crippen LogP contribution in [0.3, 0.4) is 0 Å². The first-order valence-electron chi connectivity index (χ1n) is 2.19. The highest BCUT2D eigenvalue weighted by Crippen LogP contribution is 1.82. The molecule has 0 aliphatic heterocycles. The van der Waals surface area contributed by atoms with Gasteiger partial charge in [-0.3, -0.25) is 0 Å². The molecule has 0 saturated carbocycles. The van der Waals surface area contributed by atoms with E-state index in [9.17, 15) is 0 Å². The van der Waals surface area contributed by atoms with Crippen LogP contribution in [0, 0.1) is 0 Å². The number of nitrogens with one attached hydrogen (secondary N) is 1. The molecule has 2 nitrogen and oxygen atoms in total. The van der Waals surface area contributed by atoms with Crippen LogP contribution in [0.15, 0.2) is 0 Å². The minimum atomic E-state index is 0.0571. The van der Waals surface area contributed by atoms with Crippen LogP contribution in [0.2, 0.25) is 0 Å². The Bertz CT molecular complexity index is 33.2. The fraction of sp³-hybridized carbons (Fsp3) is 1.00. The van der Waals surface area contributed by atoms with E-state index >= 15 is 0 Å². The van der Waals surface area contributed by atoms with Gasteiger partial charge in [-0.15, -0.1) is 11.6 Å². The van der Waals surface area contributed by atoms with Crippen molar-refractivity contribution in [1.29, 1.82) is 0 Å². The fourth-order valence-corrected chi connectivity index (χ4v) is 0.469. The molecule has 0 rings (SSSR count). The number of hydrogen-bond acceptors (Lipinski definition) is 2. The highest BCUT2D eigenvalue weighted by Gasteiger charge is 1.97. The second-order valence-electron chi connectivity index (χ2n) is 1.32. The number of alkyl halides is 1. The van der Waals surface area contributed by atoms with E-state index in [0.29, 0.717) is 5.88 Å². The van der Waals surface area contributed by atoms with Gasteiger partial charge in [-0.25, -0.2) is 0 Å². The summed E-state index contributed by atoms with van der Waals surface area (Å²) < 4.78 is 0. The molecular formula is C4H10ClNO. The van der Waals surface area contributed by atoms with Gasteiger partial charge >= 0.3 is 0 Å². The molecule has 1 unspecified atom stereocenters. The lowest BCUT2D eigenvalue weighted by Crippen LogP contribution is -2.30. The zero-order valence-electron chi connectivity index (χ0n) is 4.32. The van der Waals surface area contributed by atoms with E-state index in [-0.39, 0.29) is 12.6 Å². The fourth-order valence-electron chi connectivity index (χ4n) is 0.217.